The Morgan fingerprint density at radius 2 is 1.74 bits per heavy atom. The summed E-state index contributed by atoms with van der Waals surface area (Å²) in [6, 6.07) is 8.11. The second-order valence-electron chi connectivity index (χ2n) is 5.04. The maximum Gasteiger partial charge on any atom is 0.111 e. The maximum atomic E-state index is 6.05. The Labute approximate surface area is 123 Å². The Balaban J connectivity index is 2.56. The van der Waals surface area contributed by atoms with Crippen molar-refractivity contribution in [3.8, 4) is 0 Å². The summed E-state index contributed by atoms with van der Waals surface area (Å²) in [6.07, 6.45) is 0. The molecule has 0 amide bonds. The number of benzene rings is 1. The van der Waals surface area contributed by atoms with Crippen LogP contribution in [0.2, 0.25) is 0 Å². The van der Waals surface area contributed by atoms with Crippen molar-refractivity contribution in [2.45, 2.75) is 48.1 Å². The third-order valence-corrected chi connectivity index (χ3v) is 4.71. The molecule has 0 saturated carbocycles. The van der Waals surface area contributed by atoms with E-state index in [1.165, 1.54) is 4.90 Å². The highest BCUT2D eigenvalue weighted by molar-refractivity contribution is 8.02. The summed E-state index contributed by atoms with van der Waals surface area (Å²) in [4.78, 5) is 6.03. The van der Waals surface area contributed by atoms with Gasteiger partial charge in [0, 0.05) is 26.5 Å². The molecule has 0 spiro atoms. The van der Waals surface area contributed by atoms with Crippen molar-refractivity contribution < 1.29 is 0 Å². The van der Waals surface area contributed by atoms with Crippen LogP contribution in [0.15, 0.2) is 34.2 Å². The molecule has 0 aliphatic rings. The van der Waals surface area contributed by atoms with Gasteiger partial charge >= 0.3 is 0 Å². The van der Waals surface area contributed by atoms with Gasteiger partial charge in [0.25, 0.3) is 0 Å². The smallest absolute Gasteiger partial charge is 0.111 e. The van der Waals surface area contributed by atoms with Gasteiger partial charge in [-0.05, 0) is 18.2 Å². The van der Waals surface area contributed by atoms with Gasteiger partial charge in [0.15, 0.2) is 0 Å². The molecular weight excluding hydrogens is 272 g/mol. The lowest BCUT2D eigenvalue weighted by molar-refractivity contribution is 1.03. The minimum Gasteiger partial charge on any atom is -0.398 e. The largest absolute Gasteiger partial charge is 0.398 e. The van der Waals surface area contributed by atoms with Crippen molar-refractivity contribution in [2.24, 2.45) is 0 Å². The zero-order chi connectivity index (χ0) is 14.0. The predicted molar refractivity (Wildman–Crippen MR) is 88.1 cm³/mol. The van der Waals surface area contributed by atoms with Crippen molar-refractivity contribution in [3.05, 3.63) is 24.3 Å². The van der Waals surface area contributed by atoms with E-state index >= 15 is 0 Å². The first-order valence-corrected chi connectivity index (χ1v) is 8.26. The summed E-state index contributed by atoms with van der Waals surface area (Å²) in [5.74, 6) is 0. The molecule has 102 valence electrons. The van der Waals surface area contributed by atoms with Crippen LogP contribution in [-0.4, -0.2) is 15.5 Å². The van der Waals surface area contributed by atoms with E-state index < -0.39 is 0 Å². The number of nitrogens with two attached hydrogens (primary N) is 1. The van der Waals surface area contributed by atoms with Gasteiger partial charge < -0.3 is 5.73 Å². The van der Waals surface area contributed by atoms with Gasteiger partial charge in [-0.25, -0.2) is 4.98 Å². The first-order chi connectivity index (χ1) is 8.97. The SMILES string of the molecule is CC(C)Sc1cc2c(N)cccc2nc1SC(C)C. The predicted octanol–water partition coefficient (Wildman–Crippen LogP) is 4.82. The van der Waals surface area contributed by atoms with E-state index in [1.54, 1.807) is 0 Å². The minimum atomic E-state index is 0.525. The molecule has 4 heteroatoms. The van der Waals surface area contributed by atoms with Crippen LogP contribution in [-0.2, 0) is 0 Å². The molecule has 0 radical (unpaired) electrons. The van der Waals surface area contributed by atoms with E-state index in [0.717, 1.165) is 21.6 Å². The standard InChI is InChI=1S/C15H20N2S2/c1-9(2)18-14-8-11-12(16)6-5-7-13(11)17-15(14)19-10(3)4/h5-10H,16H2,1-4H3. The lowest BCUT2D eigenvalue weighted by atomic mass is 10.2. The van der Waals surface area contributed by atoms with Gasteiger partial charge in [0.1, 0.15) is 5.03 Å². The molecular formula is C15H20N2S2. The molecule has 0 saturated heterocycles. The Morgan fingerprint density at radius 1 is 1.05 bits per heavy atom. The highest BCUT2D eigenvalue weighted by Crippen LogP contribution is 2.37. The van der Waals surface area contributed by atoms with Crippen LogP contribution in [0.3, 0.4) is 0 Å². The number of pyridine rings is 1. The number of hydrogen-bond donors (Lipinski definition) is 1. The number of rotatable bonds is 4. The number of anilines is 1. The van der Waals surface area contributed by atoms with Crippen LogP contribution in [0.4, 0.5) is 5.69 Å². The van der Waals surface area contributed by atoms with Crippen molar-refractivity contribution in [2.75, 3.05) is 5.73 Å². The average Bonchev–Trinajstić information content (AvgIpc) is 2.29. The molecule has 0 fully saturated rings. The van der Waals surface area contributed by atoms with Crippen LogP contribution in [0.1, 0.15) is 27.7 Å². The highest BCUT2D eigenvalue weighted by atomic mass is 32.2. The molecule has 0 bridgehead atoms. The van der Waals surface area contributed by atoms with Gasteiger partial charge in [-0.3, -0.25) is 0 Å². The Bertz CT molecular complexity index is 580. The molecule has 0 unspecified atom stereocenters. The van der Waals surface area contributed by atoms with Crippen molar-refractivity contribution in [1.29, 1.82) is 0 Å². The molecule has 1 aromatic carbocycles. The minimum absolute atomic E-state index is 0.525. The second-order valence-corrected chi connectivity index (χ2v) is 8.22. The Morgan fingerprint density at radius 3 is 2.37 bits per heavy atom. The summed E-state index contributed by atoms with van der Waals surface area (Å²) in [5.41, 5.74) is 7.84. The molecule has 0 atom stereocenters. The molecule has 0 aliphatic heterocycles. The van der Waals surface area contributed by atoms with Crippen LogP contribution >= 0.6 is 23.5 Å². The summed E-state index contributed by atoms with van der Waals surface area (Å²) < 4.78 is 0. The number of fused-ring (bicyclic) bond motifs is 1. The van der Waals surface area contributed by atoms with E-state index in [0.29, 0.717) is 10.5 Å². The van der Waals surface area contributed by atoms with E-state index in [1.807, 2.05) is 41.7 Å². The third kappa shape index (κ3) is 3.57. The van der Waals surface area contributed by atoms with Crippen molar-refractivity contribution >= 4 is 40.1 Å². The summed E-state index contributed by atoms with van der Waals surface area (Å²) in [6.45, 7) is 8.79. The molecule has 2 rings (SSSR count). The maximum absolute atomic E-state index is 6.05. The number of nitrogens with zero attached hydrogens (tertiary/aromatic N) is 1. The summed E-state index contributed by atoms with van der Waals surface area (Å²) >= 11 is 3.67. The fraction of sp³-hybridized carbons (Fsp3) is 0.400. The lowest BCUT2D eigenvalue weighted by Gasteiger charge is -2.14. The zero-order valence-corrected chi connectivity index (χ0v) is 13.4. The monoisotopic (exact) mass is 292 g/mol. The van der Waals surface area contributed by atoms with Crippen LogP contribution in [0.25, 0.3) is 10.9 Å². The summed E-state index contributed by atoms with van der Waals surface area (Å²) in [7, 11) is 0. The van der Waals surface area contributed by atoms with Gasteiger partial charge in [-0.1, -0.05) is 33.8 Å². The molecule has 1 aromatic heterocycles. The fourth-order valence-corrected chi connectivity index (χ4v) is 3.73. The zero-order valence-electron chi connectivity index (χ0n) is 11.8. The van der Waals surface area contributed by atoms with Crippen LogP contribution in [0.5, 0.6) is 0 Å². The first kappa shape index (κ1) is 14.5. The van der Waals surface area contributed by atoms with Crippen LogP contribution in [0, 0.1) is 0 Å². The molecule has 2 nitrogen and oxygen atoms in total. The van der Waals surface area contributed by atoms with E-state index in [-0.39, 0.29) is 0 Å². The quantitative estimate of drug-likeness (QED) is 0.648. The van der Waals surface area contributed by atoms with E-state index in [4.69, 9.17) is 10.7 Å². The topological polar surface area (TPSA) is 38.9 Å². The number of hydrogen-bond acceptors (Lipinski definition) is 4. The molecule has 0 aliphatic carbocycles. The van der Waals surface area contributed by atoms with Crippen LogP contribution < -0.4 is 5.73 Å². The van der Waals surface area contributed by atoms with Gasteiger partial charge in [0.2, 0.25) is 0 Å². The second kappa shape index (κ2) is 6.06. The van der Waals surface area contributed by atoms with Gasteiger partial charge in [0.05, 0.1) is 5.52 Å². The number of thioether (sulfide) groups is 2. The molecule has 1 heterocycles. The highest BCUT2D eigenvalue weighted by Gasteiger charge is 2.12. The van der Waals surface area contributed by atoms with E-state index in [9.17, 15) is 0 Å². The molecule has 2 aromatic rings. The normalized spacial score (nSPS) is 11.7. The first-order valence-electron chi connectivity index (χ1n) is 6.50. The Hall–Kier alpha value is -0.870. The lowest BCUT2D eigenvalue weighted by Crippen LogP contribution is -1.97. The third-order valence-electron chi connectivity index (χ3n) is 2.54. The number of nitrogen functional groups attached to an aromatic ring is 1. The van der Waals surface area contributed by atoms with E-state index in [2.05, 4.69) is 33.8 Å². The fourth-order valence-electron chi connectivity index (χ4n) is 1.83. The van der Waals surface area contributed by atoms with Crippen molar-refractivity contribution in [3.63, 3.8) is 0 Å². The number of aromatic nitrogens is 1. The summed E-state index contributed by atoms with van der Waals surface area (Å²) in [5, 5.41) is 3.23. The Kier molecular flexibility index (Phi) is 4.63. The molecule has 2 N–H and O–H groups in total. The average molecular weight is 292 g/mol. The van der Waals surface area contributed by atoms with Gasteiger partial charge in [-0.15, -0.1) is 23.5 Å². The van der Waals surface area contributed by atoms with Gasteiger partial charge in [-0.2, -0.15) is 0 Å². The van der Waals surface area contributed by atoms with Crippen molar-refractivity contribution in [1.82, 2.24) is 4.98 Å². The molecule has 19 heavy (non-hydrogen) atoms.